The maximum atomic E-state index is 8.85. The number of para-hydroxylation sites is 2. The van der Waals surface area contributed by atoms with E-state index >= 15 is 0 Å². The molecule has 0 aliphatic carbocycles. The van der Waals surface area contributed by atoms with Crippen molar-refractivity contribution in [3.63, 3.8) is 0 Å². The molecule has 0 saturated carbocycles. The van der Waals surface area contributed by atoms with Gasteiger partial charge in [0.15, 0.2) is 0 Å². The molecular formula is C60H44N2. The van der Waals surface area contributed by atoms with E-state index in [1.807, 2.05) is 158 Å². The lowest BCUT2D eigenvalue weighted by atomic mass is 9.97. The van der Waals surface area contributed by atoms with Crippen LogP contribution in [0.5, 0.6) is 0 Å². The lowest BCUT2D eigenvalue weighted by Crippen LogP contribution is -2.09. The quantitative estimate of drug-likeness (QED) is 0.129. The van der Waals surface area contributed by atoms with Crippen LogP contribution in [0.1, 0.15) is 13.7 Å². The Labute approximate surface area is 379 Å². The van der Waals surface area contributed by atoms with Crippen LogP contribution < -0.4 is 9.80 Å². The van der Waals surface area contributed by atoms with Crippen LogP contribution in [-0.4, -0.2) is 0 Å². The fourth-order valence-electron chi connectivity index (χ4n) is 7.71. The molecule has 0 aromatic heterocycles. The highest BCUT2D eigenvalue weighted by Crippen LogP contribution is 2.39. The van der Waals surface area contributed by atoms with E-state index in [0.717, 1.165) is 55.6 Å². The predicted molar refractivity (Wildman–Crippen MR) is 263 cm³/mol. The normalized spacial score (nSPS) is 13.2. The zero-order valence-corrected chi connectivity index (χ0v) is 33.5. The number of benzene rings is 10. The van der Waals surface area contributed by atoms with Crippen molar-refractivity contribution in [1.29, 1.82) is 0 Å². The predicted octanol–water partition coefficient (Wildman–Crippen LogP) is 17.0. The first-order valence-corrected chi connectivity index (χ1v) is 20.3. The molecule has 0 fully saturated rings. The number of rotatable bonds is 11. The third-order valence-electron chi connectivity index (χ3n) is 10.9. The van der Waals surface area contributed by atoms with E-state index in [4.69, 9.17) is 13.7 Å². The summed E-state index contributed by atoms with van der Waals surface area (Å²) < 4.78 is 85.6. The van der Waals surface area contributed by atoms with Crippen molar-refractivity contribution in [2.45, 2.75) is 0 Å². The molecule has 0 heterocycles. The van der Waals surface area contributed by atoms with E-state index in [1.165, 1.54) is 0 Å². The molecule has 0 aliphatic heterocycles. The monoisotopic (exact) mass is 802 g/mol. The van der Waals surface area contributed by atoms with E-state index < -0.39 is 36.3 Å². The summed E-state index contributed by atoms with van der Waals surface area (Å²) in [5, 5.41) is 0. The summed E-state index contributed by atoms with van der Waals surface area (Å²) in [5.41, 5.74) is 12.6. The first-order valence-electron chi connectivity index (χ1n) is 25.3. The Morgan fingerprint density at radius 2 is 0.387 bits per heavy atom. The zero-order chi connectivity index (χ0) is 50.2. The van der Waals surface area contributed by atoms with Gasteiger partial charge in [-0.3, -0.25) is 0 Å². The zero-order valence-electron chi connectivity index (χ0n) is 43.5. The third kappa shape index (κ3) is 8.18. The highest BCUT2D eigenvalue weighted by Gasteiger charge is 2.15. The van der Waals surface area contributed by atoms with Crippen molar-refractivity contribution in [1.82, 2.24) is 0 Å². The second-order valence-electron chi connectivity index (χ2n) is 14.7. The first-order chi connectivity index (χ1) is 34.9. The highest BCUT2D eigenvalue weighted by atomic mass is 15.1. The summed E-state index contributed by atoms with van der Waals surface area (Å²) in [7, 11) is 0. The second-order valence-corrected chi connectivity index (χ2v) is 14.7. The molecule has 0 N–H and O–H groups in total. The Morgan fingerprint density at radius 3 is 0.613 bits per heavy atom. The van der Waals surface area contributed by atoms with Crippen LogP contribution in [-0.2, 0) is 0 Å². The molecule has 0 amide bonds. The van der Waals surface area contributed by atoms with Gasteiger partial charge in [-0.15, -0.1) is 0 Å². The van der Waals surface area contributed by atoms with Gasteiger partial charge in [-0.2, -0.15) is 0 Å². The molecule has 0 spiro atoms. The van der Waals surface area contributed by atoms with Crippen molar-refractivity contribution >= 4 is 34.1 Å². The fraction of sp³-hybridized carbons (Fsp3) is 0. The van der Waals surface area contributed by atoms with E-state index in [-0.39, 0.29) is 35.5 Å². The maximum absolute atomic E-state index is 8.85. The van der Waals surface area contributed by atoms with Crippen LogP contribution in [0.4, 0.5) is 34.1 Å². The summed E-state index contributed by atoms with van der Waals surface area (Å²) in [4.78, 5) is 3.43. The fourth-order valence-corrected chi connectivity index (χ4v) is 7.71. The number of hydrogen-bond acceptors (Lipinski definition) is 2. The van der Waals surface area contributed by atoms with E-state index in [2.05, 4.69) is 48.5 Å². The molecule has 10 aromatic rings. The maximum Gasteiger partial charge on any atom is 0.0645 e. The molecule has 294 valence electrons. The molecule has 0 radical (unpaired) electrons. The van der Waals surface area contributed by atoms with Gasteiger partial charge < -0.3 is 9.80 Å². The Kier molecular flexibility index (Phi) is 8.02. The average molecular weight is 803 g/mol. The molecule has 10 rings (SSSR count). The van der Waals surface area contributed by atoms with Gasteiger partial charge in [0, 0.05) is 34.1 Å². The van der Waals surface area contributed by atoms with Gasteiger partial charge in [0.25, 0.3) is 0 Å². The summed E-state index contributed by atoms with van der Waals surface area (Å²) in [6.45, 7) is 0. The SMILES string of the molecule is [2H]c1c([2H])c([2H])c(N(c2ccc(-c3ccccc3)cc2)c2ccc(-c3ccc(-c4ccc(-c5ccc(N(c6ccc(-c7ccccc7)cc6)c6c([2H])c([2H])c([2H])c([2H])c6[2H])cc5)cc4)cc3)cc2)c([2H])c1[2H]. The van der Waals surface area contributed by atoms with Crippen molar-refractivity contribution in [3.05, 3.63) is 267 Å². The largest absolute Gasteiger partial charge is 0.311 e. The molecular weight excluding hydrogens is 749 g/mol. The Hall–Kier alpha value is -8.20. The van der Waals surface area contributed by atoms with Crippen LogP contribution in [0.3, 0.4) is 0 Å². The highest BCUT2D eigenvalue weighted by molar-refractivity contribution is 5.82. The van der Waals surface area contributed by atoms with Gasteiger partial charge in [-0.05, 0) is 128 Å². The molecule has 0 aliphatic rings. The minimum atomic E-state index is -0.447. The van der Waals surface area contributed by atoms with Crippen molar-refractivity contribution in [2.24, 2.45) is 0 Å². The molecule has 62 heavy (non-hydrogen) atoms. The van der Waals surface area contributed by atoms with Crippen LogP contribution in [0.15, 0.2) is 267 Å². The minimum absolute atomic E-state index is 0.0633. The molecule has 0 saturated heterocycles. The van der Waals surface area contributed by atoms with Gasteiger partial charge in [-0.25, -0.2) is 0 Å². The summed E-state index contributed by atoms with van der Waals surface area (Å²) in [5.74, 6) is 0. The lowest BCUT2D eigenvalue weighted by Gasteiger charge is -2.26. The van der Waals surface area contributed by atoms with Crippen molar-refractivity contribution < 1.29 is 13.7 Å². The third-order valence-corrected chi connectivity index (χ3v) is 10.9. The Balaban J connectivity index is 0.898. The van der Waals surface area contributed by atoms with E-state index in [1.54, 1.807) is 9.80 Å². The summed E-state index contributed by atoms with van der Waals surface area (Å²) in [6, 6.07) is 63.7. The van der Waals surface area contributed by atoms with Gasteiger partial charge in [0.2, 0.25) is 0 Å². The summed E-state index contributed by atoms with van der Waals surface area (Å²) in [6.07, 6.45) is 0. The lowest BCUT2D eigenvalue weighted by molar-refractivity contribution is 1.28. The van der Waals surface area contributed by atoms with Crippen LogP contribution in [0.2, 0.25) is 0 Å². The van der Waals surface area contributed by atoms with Gasteiger partial charge in [0.1, 0.15) is 0 Å². The molecule has 10 aromatic carbocycles. The van der Waals surface area contributed by atoms with Crippen molar-refractivity contribution in [2.75, 3.05) is 9.80 Å². The molecule has 2 nitrogen and oxygen atoms in total. The molecule has 0 bridgehead atoms. The molecule has 0 unspecified atom stereocenters. The topological polar surface area (TPSA) is 6.48 Å². The first kappa shape index (κ1) is 28.3. The second kappa shape index (κ2) is 17.6. The Morgan fingerprint density at radius 1 is 0.194 bits per heavy atom. The van der Waals surface area contributed by atoms with Gasteiger partial charge >= 0.3 is 0 Å². The minimum Gasteiger partial charge on any atom is -0.311 e. The molecule has 2 heteroatoms. The Bertz CT molecular complexity index is 3270. The number of hydrogen-bond donors (Lipinski definition) is 0. The molecule has 0 atom stereocenters. The average Bonchev–Trinajstić information content (AvgIpc) is 3.44. The standard InChI is InChI=1S/C60H44N2/c1-5-13-45(14-6-1)51-29-37-57(38-30-51)61(55-17-9-3-10-18-55)59-41-33-53(34-42-59)49-25-21-47(22-26-49)48-23-27-50(28-24-48)54-35-43-60(44-36-54)62(56-19-11-4-12-20-56)58-39-31-52(32-40-58)46-15-7-2-8-16-46/h1-44H/i3D,4D,9D,10D,11D,12D,17D,18D,19D,20D. The smallest absolute Gasteiger partial charge is 0.0645 e. The van der Waals surface area contributed by atoms with Gasteiger partial charge in [-0.1, -0.05) is 194 Å². The van der Waals surface area contributed by atoms with Crippen LogP contribution >= 0.6 is 0 Å². The van der Waals surface area contributed by atoms with Crippen LogP contribution in [0, 0.1) is 0 Å². The van der Waals surface area contributed by atoms with E-state index in [9.17, 15) is 0 Å². The van der Waals surface area contributed by atoms with Gasteiger partial charge in [0.05, 0.1) is 13.7 Å². The summed E-state index contributed by atoms with van der Waals surface area (Å²) >= 11 is 0. The number of anilines is 6. The van der Waals surface area contributed by atoms with Crippen LogP contribution in [0.25, 0.3) is 55.6 Å². The van der Waals surface area contributed by atoms with Crippen molar-refractivity contribution in [3.8, 4) is 55.6 Å². The number of nitrogens with zero attached hydrogens (tertiary/aromatic N) is 2. The van der Waals surface area contributed by atoms with E-state index in [0.29, 0.717) is 22.7 Å².